The van der Waals surface area contributed by atoms with Gasteiger partial charge in [0.25, 0.3) is 0 Å². The number of ketones is 1. The number of carbonyl (C=O) groups excluding carboxylic acids is 1. The lowest BCUT2D eigenvalue weighted by molar-refractivity contribution is -0.139. The second-order valence-corrected chi connectivity index (χ2v) is 7.91. The smallest absolute Gasteiger partial charge is 0.419 e. The summed E-state index contributed by atoms with van der Waals surface area (Å²) in [4.78, 5) is 15.5. The van der Waals surface area contributed by atoms with Crippen LogP contribution < -0.4 is 4.74 Å². The molecule has 1 aromatic heterocycles. The summed E-state index contributed by atoms with van der Waals surface area (Å²) in [5.41, 5.74) is -0.0970. The first-order chi connectivity index (χ1) is 15.8. The Morgan fingerprint density at radius 1 is 1.06 bits per heavy atom. The third kappa shape index (κ3) is 5.77. The number of benzene rings is 2. The second-order valence-electron chi connectivity index (χ2n) is 7.91. The zero-order valence-corrected chi connectivity index (χ0v) is 19.3. The molecule has 4 nitrogen and oxygen atoms in total. The number of hydrogen-bond acceptors (Lipinski definition) is 4. The molecule has 0 spiro atoms. The average Bonchev–Trinajstić information content (AvgIpc) is 3.17. The van der Waals surface area contributed by atoms with Gasteiger partial charge in [-0.3, -0.25) is 4.79 Å². The molecule has 178 valence electrons. The van der Waals surface area contributed by atoms with E-state index in [0.29, 0.717) is 35.3 Å². The highest BCUT2D eigenvalue weighted by Gasteiger charge is 2.35. The fraction of sp³-hybridized carbons (Fsp3) is 0.423. The molecule has 0 aliphatic carbocycles. The van der Waals surface area contributed by atoms with E-state index < -0.39 is 17.5 Å². The van der Waals surface area contributed by atoms with Gasteiger partial charge in [-0.05, 0) is 43.8 Å². The number of likely N-dealkylation sites (N-methyl/N-ethyl adjacent to an activating group) is 1. The number of carbonyl (C=O) groups is 1. The van der Waals surface area contributed by atoms with E-state index in [-0.39, 0.29) is 17.9 Å². The maximum Gasteiger partial charge on any atom is 0.419 e. The topological polar surface area (TPSA) is 42.7 Å². The maximum atomic E-state index is 13.8. The number of ether oxygens (including phenoxy) is 1. The standard InChI is InChI=1S/C26H30F3NO3/c1-4-7-11-23-24(19-10-8-9-12-21(19)33-23)25(31)18-13-14-22(20(17-18)26(27,28)29)32-16-15-30(5-2)6-3/h8-10,12-14,17H,4-7,11,15-16H2,1-3H3. The number of aryl methyl sites for hydroxylation is 1. The summed E-state index contributed by atoms with van der Waals surface area (Å²) < 4.78 is 52.9. The van der Waals surface area contributed by atoms with Crippen LogP contribution in [0, 0.1) is 0 Å². The van der Waals surface area contributed by atoms with Gasteiger partial charge in [-0.2, -0.15) is 13.2 Å². The number of nitrogens with zero attached hydrogens (tertiary/aromatic N) is 1. The molecule has 0 saturated carbocycles. The molecule has 0 N–H and O–H groups in total. The number of unbranched alkanes of at least 4 members (excludes halogenated alkanes) is 1. The molecule has 0 aliphatic heterocycles. The van der Waals surface area contributed by atoms with Crippen LogP contribution in [0.25, 0.3) is 11.0 Å². The van der Waals surface area contributed by atoms with Gasteiger partial charge in [-0.1, -0.05) is 45.4 Å². The van der Waals surface area contributed by atoms with Crippen molar-refractivity contribution in [1.29, 1.82) is 0 Å². The van der Waals surface area contributed by atoms with Crippen molar-refractivity contribution in [2.75, 3.05) is 26.2 Å². The Hall–Kier alpha value is -2.80. The van der Waals surface area contributed by atoms with Gasteiger partial charge in [0, 0.05) is 23.9 Å². The third-order valence-corrected chi connectivity index (χ3v) is 5.76. The molecular weight excluding hydrogens is 431 g/mol. The zero-order chi connectivity index (χ0) is 24.0. The number of hydrogen-bond donors (Lipinski definition) is 0. The first-order valence-electron chi connectivity index (χ1n) is 11.4. The quantitative estimate of drug-likeness (QED) is 0.296. The molecule has 0 unspecified atom stereocenters. The van der Waals surface area contributed by atoms with Crippen LogP contribution in [-0.4, -0.2) is 36.9 Å². The number of furan rings is 1. The molecule has 33 heavy (non-hydrogen) atoms. The van der Waals surface area contributed by atoms with Crippen LogP contribution in [0.5, 0.6) is 5.75 Å². The van der Waals surface area contributed by atoms with Gasteiger partial charge in [-0.25, -0.2) is 0 Å². The molecule has 0 radical (unpaired) electrons. The van der Waals surface area contributed by atoms with Crippen LogP contribution in [-0.2, 0) is 12.6 Å². The minimum Gasteiger partial charge on any atom is -0.492 e. The SMILES string of the molecule is CCCCc1oc2ccccc2c1C(=O)c1ccc(OCCN(CC)CC)c(C(F)(F)F)c1. The van der Waals surface area contributed by atoms with Gasteiger partial charge in [0.15, 0.2) is 5.78 Å². The Balaban J connectivity index is 1.96. The van der Waals surface area contributed by atoms with Crippen molar-refractivity contribution in [3.63, 3.8) is 0 Å². The molecule has 7 heteroatoms. The summed E-state index contributed by atoms with van der Waals surface area (Å²) in [7, 11) is 0. The van der Waals surface area contributed by atoms with Gasteiger partial charge < -0.3 is 14.1 Å². The zero-order valence-electron chi connectivity index (χ0n) is 19.3. The van der Waals surface area contributed by atoms with E-state index in [0.717, 1.165) is 32.0 Å². The van der Waals surface area contributed by atoms with E-state index in [1.807, 2.05) is 20.8 Å². The Morgan fingerprint density at radius 2 is 1.79 bits per heavy atom. The van der Waals surface area contributed by atoms with E-state index in [1.54, 1.807) is 24.3 Å². The predicted molar refractivity (Wildman–Crippen MR) is 123 cm³/mol. The summed E-state index contributed by atoms with van der Waals surface area (Å²) in [6, 6.07) is 10.6. The van der Waals surface area contributed by atoms with Crippen molar-refractivity contribution < 1.29 is 27.1 Å². The van der Waals surface area contributed by atoms with Crippen molar-refractivity contribution in [2.45, 2.75) is 46.2 Å². The van der Waals surface area contributed by atoms with E-state index >= 15 is 0 Å². The largest absolute Gasteiger partial charge is 0.492 e. The van der Waals surface area contributed by atoms with Crippen molar-refractivity contribution in [3.8, 4) is 5.75 Å². The molecule has 0 atom stereocenters. The lowest BCUT2D eigenvalue weighted by atomic mass is 9.96. The molecule has 0 fully saturated rings. The fourth-order valence-electron chi connectivity index (χ4n) is 3.85. The molecule has 1 heterocycles. The molecule has 2 aromatic carbocycles. The van der Waals surface area contributed by atoms with Crippen LogP contribution >= 0.6 is 0 Å². The summed E-state index contributed by atoms with van der Waals surface area (Å²) >= 11 is 0. The highest BCUT2D eigenvalue weighted by Crippen LogP contribution is 2.38. The van der Waals surface area contributed by atoms with E-state index in [1.165, 1.54) is 12.1 Å². The third-order valence-electron chi connectivity index (χ3n) is 5.76. The molecule has 3 aromatic rings. The summed E-state index contributed by atoms with van der Waals surface area (Å²) in [5, 5.41) is 0.613. The number of fused-ring (bicyclic) bond motifs is 1. The van der Waals surface area contributed by atoms with Crippen LogP contribution in [0.3, 0.4) is 0 Å². The van der Waals surface area contributed by atoms with Crippen LogP contribution in [0.1, 0.15) is 60.9 Å². The Bertz CT molecular complexity index is 1080. The summed E-state index contributed by atoms with van der Waals surface area (Å²) in [6.45, 7) is 8.23. The number of rotatable bonds is 11. The molecule has 0 bridgehead atoms. The maximum absolute atomic E-state index is 13.8. The minimum atomic E-state index is -4.65. The molecule has 0 aliphatic rings. The number of halogens is 3. The number of para-hydroxylation sites is 1. The molecule has 3 rings (SSSR count). The van der Waals surface area contributed by atoms with Crippen molar-refractivity contribution in [3.05, 3.63) is 64.9 Å². The molecule has 0 saturated heterocycles. The van der Waals surface area contributed by atoms with Gasteiger partial charge >= 0.3 is 6.18 Å². The first kappa shape index (κ1) is 24.8. The Morgan fingerprint density at radius 3 is 2.45 bits per heavy atom. The lowest BCUT2D eigenvalue weighted by Crippen LogP contribution is -2.28. The fourth-order valence-corrected chi connectivity index (χ4v) is 3.85. The number of alkyl halides is 3. The highest BCUT2D eigenvalue weighted by atomic mass is 19.4. The highest BCUT2D eigenvalue weighted by molar-refractivity contribution is 6.17. The van der Waals surface area contributed by atoms with Gasteiger partial charge in [0.2, 0.25) is 0 Å². The molecule has 0 amide bonds. The lowest BCUT2D eigenvalue weighted by Gasteiger charge is -2.20. The average molecular weight is 462 g/mol. The van der Waals surface area contributed by atoms with Gasteiger partial charge in [0.1, 0.15) is 23.7 Å². The Labute approximate surface area is 192 Å². The van der Waals surface area contributed by atoms with Gasteiger partial charge in [0.05, 0.1) is 11.1 Å². The van der Waals surface area contributed by atoms with Crippen molar-refractivity contribution in [2.24, 2.45) is 0 Å². The van der Waals surface area contributed by atoms with E-state index in [2.05, 4.69) is 4.90 Å². The minimum absolute atomic E-state index is 0.0391. The van der Waals surface area contributed by atoms with Crippen molar-refractivity contribution >= 4 is 16.8 Å². The van der Waals surface area contributed by atoms with Crippen molar-refractivity contribution in [1.82, 2.24) is 4.90 Å². The van der Waals surface area contributed by atoms with Crippen LogP contribution in [0.15, 0.2) is 46.9 Å². The van der Waals surface area contributed by atoms with Crippen LogP contribution in [0.2, 0.25) is 0 Å². The Kier molecular flexibility index (Phi) is 8.19. The second kappa shape index (κ2) is 10.9. The van der Waals surface area contributed by atoms with E-state index in [9.17, 15) is 18.0 Å². The normalized spacial score (nSPS) is 12.0. The first-order valence-corrected chi connectivity index (χ1v) is 11.4. The van der Waals surface area contributed by atoms with Gasteiger partial charge in [-0.15, -0.1) is 0 Å². The monoisotopic (exact) mass is 461 g/mol. The predicted octanol–water partition coefficient (Wildman–Crippen LogP) is 6.75. The summed E-state index contributed by atoms with van der Waals surface area (Å²) in [6.07, 6.45) is -2.38. The van der Waals surface area contributed by atoms with E-state index in [4.69, 9.17) is 9.15 Å². The summed E-state index contributed by atoms with van der Waals surface area (Å²) in [5.74, 6) is -0.239. The molecular formula is C26H30F3NO3. The van der Waals surface area contributed by atoms with Crippen LogP contribution in [0.4, 0.5) is 13.2 Å².